The maximum atomic E-state index is 13.4. The Morgan fingerprint density at radius 3 is 2.24 bits per heavy atom. The molecule has 0 aromatic heterocycles. The summed E-state index contributed by atoms with van der Waals surface area (Å²) in [4.78, 5) is 38.8. The van der Waals surface area contributed by atoms with E-state index < -0.39 is 28.6 Å². The van der Waals surface area contributed by atoms with Gasteiger partial charge >= 0.3 is 11.9 Å². The number of quaternary nitrogens is 1. The van der Waals surface area contributed by atoms with Crippen molar-refractivity contribution in [2.24, 2.45) is 5.41 Å². The molecule has 25 heavy (non-hydrogen) atoms. The highest BCUT2D eigenvalue weighted by Gasteiger charge is 2.66. The van der Waals surface area contributed by atoms with Gasteiger partial charge in [-0.15, -0.1) is 0 Å². The first kappa shape index (κ1) is 19.3. The van der Waals surface area contributed by atoms with E-state index in [-0.39, 0.29) is 11.0 Å². The van der Waals surface area contributed by atoms with Gasteiger partial charge in [-0.25, -0.2) is 14.1 Å². The molecule has 0 saturated carbocycles. The lowest BCUT2D eigenvalue weighted by molar-refractivity contribution is -0.886. The molecule has 5 heteroatoms. The van der Waals surface area contributed by atoms with Crippen molar-refractivity contribution in [3.05, 3.63) is 35.9 Å². The van der Waals surface area contributed by atoms with Gasteiger partial charge in [-0.2, -0.15) is 0 Å². The molecule has 1 amide bonds. The van der Waals surface area contributed by atoms with Crippen LogP contribution in [0.4, 0.5) is 0 Å². The van der Waals surface area contributed by atoms with Crippen molar-refractivity contribution in [2.45, 2.75) is 52.5 Å². The van der Waals surface area contributed by atoms with Gasteiger partial charge in [0.15, 0.2) is 0 Å². The molecule has 136 valence electrons. The minimum absolute atomic E-state index is 0.283. The molecule has 1 aliphatic rings. The Morgan fingerprint density at radius 1 is 1.16 bits per heavy atom. The number of benzene rings is 1. The fourth-order valence-electron chi connectivity index (χ4n) is 4.02. The predicted molar refractivity (Wildman–Crippen MR) is 94.7 cm³/mol. The molecule has 1 aliphatic heterocycles. The van der Waals surface area contributed by atoms with Crippen LogP contribution in [0.25, 0.3) is 0 Å². The number of aliphatic carboxylic acids is 1. The summed E-state index contributed by atoms with van der Waals surface area (Å²) in [5.41, 5.74) is -1.59. The molecule has 1 heterocycles. The summed E-state index contributed by atoms with van der Waals surface area (Å²) in [6.07, 6.45) is 1.49. The highest BCUT2D eigenvalue weighted by Crippen LogP contribution is 2.46. The molecular formula is C20H28NO4+. The molecule has 2 rings (SSSR count). The van der Waals surface area contributed by atoms with Crippen molar-refractivity contribution in [2.75, 3.05) is 13.1 Å². The first-order valence-corrected chi connectivity index (χ1v) is 8.95. The van der Waals surface area contributed by atoms with Gasteiger partial charge in [0, 0.05) is 23.8 Å². The maximum absolute atomic E-state index is 13.4. The van der Waals surface area contributed by atoms with Gasteiger partial charge in [0.1, 0.15) is 0 Å². The highest BCUT2D eigenvalue weighted by atomic mass is 16.4. The second kappa shape index (κ2) is 6.71. The Hall–Kier alpha value is -2.01. The quantitative estimate of drug-likeness (QED) is 0.634. The molecule has 0 aliphatic carbocycles. The third-order valence-corrected chi connectivity index (χ3v) is 6.04. The fourth-order valence-corrected chi connectivity index (χ4v) is 4.02. The second-order valence-corrected chi connectivity index (χ2v) is 7.51. The van der Waals surface area contributed by atoms with E-state index in [2.05, 4.69) is 0 Å². The number of amides is 1. The third kappa shape index (κ3) is 2.71. The monoisotopic (exact) mass is 346 g/mol. The Balaban J connectivity index is 2.67. The minimum atomic E-state index is -1.40. The van der Waals surface area contributed by atoms with Crippen LogP contribution in [-0.2, 0) is 19.9 Å². The highest BCUT2D eigenvalue weighted by molar-refractivity contribution is 6.35. The summed E-state index contributed by atoms with van der Waals surface area (Å²) in [6, 6.07) is 8.90. The van der Waals surface area contributed by atoms with E-state index in [0.29, 0.717) is 31.4 Å². The number of hydrogen-bond acceptors (Lipinski definition) is 3. The van der Waals surface area contributed by atoms with Gasteiger partial charge in [0.05, 0.1) is 13.1 Å². The lowest BCUT2D eigenvalue weighted by atomic mass is 9.81. The predicted octanol–water partition coefficient (Wildman–Crippen LogP) is 3.13. The van der Waals surface area contributed by atoms with E-state index in [0.717, 1.165) is 0 Å². The van der Waals surface area contributed by atoms with Crippen LogP contribution in [0.15, 0.2) is 30.3 Å². The van der Waals surface area contributed by atoms with Crippen molar-refractivity contribution < 1.29 is 24.0 Å². The van der Waals surface area contributed by atoms with E-state index in [9.17, 15) is 19.5 Å². The SMILES string of the molecule is CCC(C)(C)C(=O)C(=O)[N+]1(CC)CCC[C@@]1(C(=O)O)c1ccccc1. The number of rotatable bonds is 6. The Kier molecular flexibility index (Phi) is 5.19. The summed E-state index contributed by atoms with van der Waals surface area (Å²) in [5.74, 6) is -2.08. The number of Topliss-reactive ketones (excluding diaryl/α,β-unsaturated/α-hetero) is 1. The Morgan fingerprint density at radius 2 is 1.76 bits per heavy atom. The minimum Gasteiger partial charge on any atom is -0.476 e. The standard InChI is InChI=1S/C20H27NO4/c1-5-19(3,4)16(22)17(23)21(6-2)14-10-13-20(21,18(24)25)15-11-8-7-9-12-15/h7-9,11-12H,5-6,10,13-14H2,1-4H3/p+1/t20-,21?/m0/s1. The van der Waals surface area contributed by atoms with E-state index in [4.69, 9.17) is 0 Å². The molecule has 1 N–H and O–H groups in total. The molecule has 5 nitrogen and oxygen atoms in total. The third-order valence-electron chi connectivity index (χ3n) is 6.04. The number of carbonyl (C=O) groups excluding carboxylic acids is 2. The molecule has 0 radical (unpaired) electrons. The number of nitrogens with zero attached hydrogens (tertiary/aromatic N) is 1. The Labute approximate surface area is 149 Å². The molecule has 1 saturated heterocycles. The molecule has 1 fully saturated rings. The summed E-state index contributed by atoms with van der Waals surface area (Å²) in [7, 11) is 0. The summed E-state index contributed by atoms with van der Waals surface area (Å²) >= 11 is 0. The summed E-state index contributed by atoms with van der Waals surface area (Å²) < 4.78 is -0.325. The van der Waals surface area contributed by atoms with Gasteiger partial charge in [-0.05, 0) is 13.3 Å². The van der Waals surface area contributed by atoms with E-state index >= 15 is 0 Å². The van der Waals surface area contributed by atoms with E-state index in [1.54, 1.807) is 45.0 Å². The fraction of sp³-hybridized carbons (Fsp3) is 0.550. The molecule has 1 unspecified atom stereocenters. The van der Waals surface area contributed by atoms with Crippen LogP contribution in [0.2, 0.25) is 0 Å². The van der Waals surface area contributed by atoms with Crippen molar-refractivity contribution in [3.8, 4) is 0 Å². The molecule has 1 aromatic rings. The van der Waals surface area contributed by atoms with Gasteiger partial charge in [0.2, 0.25) is 5.54 Å². The average molecular weight is 346 g/mol. The first-order valence-electron chi connectivity index (χ1n) is 8.95. The van der Waals surface area contributed by atoms with Gasteiger partial charge < -0.3 is 5.11 Å². The zero-order chi connectivity index (χ0) is 18.9. The Bertz CT molecular complexity index is 682. The lowest BCUT2D eigenvalue weighted by Crippen LogP contribution is -2.68. The second-order valence-electron chi connectivity index (χ2n) is 7.51. The van der Waals surface area contributed by atoms with Crippen LogP contribution >= 0.6 is 0 Å². The molecular weight excluding hydrogens is 318 g/mol. The lowest BCUT2D eigenvalue weighted by Gasteiger charge is -2.44. The van der Waals surface area contributed by atoms with Gasteiger partial charge in [-0.3, -0.25) is 4.79 Å². The molecule has 0 bridgehead atoms. The van der Waals surface area contributed by atoms with Crippen molar-refractivity contribution in [3.63, 3.8) is 0 Å². The topological polar surface area (TPSA) is 71.4 Å². The molecule has 2 atom stereocenters. The normalized spacial score (nSPS) is 26.4. The van der Waals surface area contributed by atoms with Crippen LogP contribution in [0.1, 0.15) is 52.5 Å². The number of hydrogen-bond donors (Lipinski definition) is 1. The molecule has 0 spiro atoms. The van der Waals surface area contributed by atoms with Crippen molar-refractivity contribution in [1.82, 2.24) is 0 Å². The van der Waals surface area contributed by atoms with Crippen LogP contribution in [-0.4, -0.2) is 40.3 Å². The number of likely N-dealkylation sites (tertiary alicyclic amines) is 1. The number of carboxylic acids is 1. The van der Waals surface area contributed by atoms with Gasteiger partial charge in [-0.1, -0.05) is 51.1 Å². The van der Waals surface area contributed by atoms with E-state index in [1.165, 1.54) is 0 Å². The number of carbonyl (C=O) groups is 3. The van der Waals surface area contributed by atoms with Crippen LogP contribution in [0.5, 0.6) is 0 Å². The van der Waals surface area contributed by atoms with Crippen LogP contribution in [0, 0.1) is 5.41 Å². The largest absolute Gasteiger partial charge is 0.476 e. The van der Waals surface area contributed by atoms with Crippen LogP contribution in [0.3, 0.4) is 0 Å². The molecule has 1 aromatic carbocycles. The number of likely N-dealkylation sites (N-methyl/N-ethyl adjacent to an activating group) is 1. The summed E-state index contributed by atoms with van der Waals surface area (Å²) in [5, 5.41) is 10.2. The maximum Gasteiger partial charge on any atom is 0.383 e. The van der Waals surface area contributed by atoms with Crippen LogP contribution < -0.4 is 0 Å². The van der Waals surface area contributed by atoms with Crippen molar-refractivity contribution >= 4 is 17.7 Å². The summed E-state index contributed by atoms with van der Waals surface area (Å²) in [6.45, 7) is 7.83. The number of carboxylic acid groups (broad SMARTS) is 1. The first-order chi connectivity index (χ1) is 11.7. The van der Waals surface area contributed by atoms with Crippen molar-refractivity contribution in [1.29, 1.82) is 0 Å². The number of ketones is 1. The van der Waals surface area contributed by atoms with E-state index in [1.807, 2.05) is 13.0 Å². The zero-order valence-corrected chi connectivity index (χ0v) is 15.5. The zero-order valence-electron chi connectivity index (χ0n) is 15.5. The average Bonchev–Trinajstić information content (AvgIpc) is 3.02. The van der Waals surface area contributed by atoms with Gasteiger partial charge in [0.25, 0.3) is 5.78 Å². The smallest absolute Gasteiger partial charge is 0.383 e.